The third-order valence-electron chi connectivity index (χ3n) is 1.63. The Kier molecular flexibility index (Phi) is 4.09. The number of nitrogens with zero attached hydrogens (tertiary/aromatic N) is 1. The summed E-state index contributed by atoms with van der Waals surface area (Å²) in [5.41, 5.74) is 6.86. The van der Waals surface area contributed by atoms with Gasteiger partial charge in [-0.25, -0.2) is 4.98 Å². The van der Waals surface area contributed by atoms with E-state index in [0.717, 1.165) is 17.2 Å². The van der Waals surface area contributed by atoms with Crippen LogP contribution >= 0.6 is 11.8 Å². The third kappa shape index (κ3) is 3.68. The van der Waals surface area contributed by atoms with E-state index < -0.39 is 0 Å². The highest BCUT2D eigenvalue weighted by Gasteiger charge is 2.00. The zero-order valence-electron chi connectivity index (χ0n) is 8.16. The second-order valence-electron chi connectivity index (χ2n) is 3.46. The zero-order valence-corrected chi connectivity index (χ0v) is 8.97. The summed E-state index contributed by atoms with van der Waals surface area (Å²) in [4.78, 5) is 4.04. The van der Waals surface area contributed by atoms with Gasteiger partial charge in [0.15, 0.2) is 0 Å². The molecule has 2 N–H and O–H groups in total. The Morgan fingerprint density at radius 3 is 2.92 bits per heavy atom. The predicted molar refractivity (Wildman–Crippen MR) is 59.6 cm³/mol. The van der Waals surface area contributed by atoms with Crippen molar-refractivity contribution < 1.29 is 0 Å². The number of nitrogen functional groups attached to an aromatic ring is 1. The molecule has 1 aromatic heterocycles. The highest BCUT2D eigenvalue weighted by Crippen LogP contribution is 2.17. The molecule has 13 heavy (non-hydrogen) atoms. The lowest BCUT2D eigenvalue weighted by molar-refractivity contribution is 0.750. The highest BCUT2D eigenvalue weighted by molar-refractivity contribution is 7.98. The number of hydrogen-bond acceptors (Lipinski definition) is 3. The Labute approximate surface area is 83.9 Å². The van der Waals surface area contributed by atoms with Crippen molar-refractivity contribution in [1.82, 2.24) is 4.98 Å². The molecule has 0 bridgehead atoms. The minimum Gasteiger partial charge on any atom is -0.383 e. The average Bonchev–Trinajstić information content (AvgIpc) is 2.08. The summed E-state index contributed by atoms with van der Waals surface area (Å²) >= 11 is 1.91. The average molecular weight is 196 g/mol. The lowest BCUT2D eigenvalue weighted by atomic mass is 10.3. The van der Waals surface area contributed by atoms with Gasteiger partial charge in [-0.2, -0.15) is 11.8 Å². The summed E-state index contributed by atoms with van der Waals surface area (Å²) in [7, 11) is 0. The molecule has 0 aliphatic carbocycles. The molecule has 72 valence electrons. The smallest absolute Gasteiger partial charge is 0.127 e. The Bertz CT molecular complexity index is 261. The first-order valence-corrected chi connectivity index (χ1v) is 5.62. The fraction of sp³-hybridized carbons (Fsp3) is 0.500. The fourth-order valence-corrected chi connectivity index (χ4v) is 2.03. The standard InChI is InChI=1S/C10H16N2S/c1-8(2)6-13-7-9-4-3-5-12-10(9)11/h3-5,8H,6-7H2,1-2H3,(H2,11,12). The van der Waals surface area contributed by atoms with Crippen LogP contribution in [0.15, 0.2) is 18.3 Å². The predicted octanol–water partition coefficient (Wildman–Crippen LogP) is 2.55. The number of rotatable bonds is 4. The van der Waals surface area contributed by atoms with Crippen LogP contribution in [0.5, 0.6) is 0 Å². The number of hydrogen-bond donors (Lipinski definition) is 1. The Morgan fingerprint density at radius 2 is 2.31 bits per heavy atom. The number of thioether (sulfide) groups is 1. The van der Waals surface area contributed by atoms with Gasteiger partial charge in [-0.05, 0) is 17.7 Å². The lowest BCUT2D eigenvalue weighted by Gasteiger charge is -2.05. The Morgan fingerprint density at radius 1 is 1.54 bits per heavy atom. The molecule has 3 heteroatoms. The quantitative estimate of drug-likeness (QED) is 0.804. The lowest BCUT2D eigenvalue weighted by Crippen LogP contribution is -1.97. The van der Waals surface area contributed by atoms with E-state index in [9.17, 15) is 0 Å². The summed E-state index contributed by atoms with van der Waals surface area (Å²) < 4.78 is 0. The van der Waals surface area contributed by atoms with Crippen LogP contribution in [0.25, 0.3) is 0 Å². The van der Waals surface area contributed by atoms with E-state index in [1.807, 2.05) is 23.9 Å². The maximum absolute atomic E-state index is 5.71. The van der Waals surface area contributed by atoms with Gasteiger partial charge < -0.3 is 5.73 Å². The highest BCUT2D eigenvalue weighted by atomic mass is 32.2. The maximum Gasteiger partial charge on any atom is 0.127 e. The molecular weight excluding hydrogens is 180 g/mol. The van der Waals surface area contributed by atoms with Gasteiger partial charge in [0.2, 0.25) is 0 Å². The van der Waals surface area contributed by atoms with Crippen molar-refractivity contribution in [1.29, 1.82) is 0 Å². The van der Waals surface area contributed by atoms with Crippen LogP contribution in [-0.2, 0) is 5.75 Å². The van der Waals surface area contributed by atoms with Crippen LogP contribution in [0.2, 0.25) is 0 Å². The molecule has 2 nitrogen and oxygen atoms in total. The summed E-state index contributed by atoms with van der Waals surface area (Å²) in [6.45, 7) is 4.44. The zero-order chi connectivity index (χ0) is 9.68. The minimum absolute atomic E-state index is 0.666. The van der Waals surface area contributed by atoms with Gasteiger partial charge in [-0.1, -0.05) is 19.9 Å². The van der Waals surface area contributed by atoms with Crippen molar-refractivity contribution in [2.75, 3.05) is 11.5 Å². The summed E-state index contributed by atoms with van der Waals surface area (Å²) in [6.07, 6.45) is 1.73. The van der Waals surface area contributed by atoms with Gasteiger partial charge in [0.05, 0.1) is 0 Å². The first-order chi connectivity index (χ1) is 6.20. The summed E-state index contributed by atoms with van der Waals surface area (Å²) in [5.74, 6) is 3.55. The number of aromatic nitrogens is 1. The van der Waals surface area contributed by atoms with Crippen molar-refractivity contribution >= 4 is 17.6 Å². The first-order valence-electron chi connectivity index (χ1n) is 4.47. The largest absolute Gasteiger partial charge is 0.383 e. The molecule has 0 atom stereocenters. The van der Waals surface area contributed by atoms with Crippen molar-refractivity contribution in [3.63, 3.8) is 0 Å². The SMILES string of the molecule is CC(C)CSCc1cccnc1N. The van der Waals surface area contributed by atoms with Crippen LogP contribution in [0.3, 0.4) is 0 Å². The van der Waals surface area contributed by atoms with E-state index in [-0.39, 0.29) is 0 Å². The molecule has 0 fully saturated rings. The van der Waals surface area contributed by atoms with E-state index >= 15 is 0 Å². The van der Waals surface area contributed by atoms with Crippen LogP contribution in [-0.4, -0.2) is 10.7 Å². The van der Waals surface area contributed by atoms with Crippen molar-refractivity contribution in [2.24, 2.45) is 5.92 Å². The van der Waals surface area contributed by atoms with E-state index in [1.165, 1.54) is 5.75 Å². The van der Waals surface area contributed by atoms with Crippen LogP contribution in [0.4, 0.5) is 5.82 Å². The van der Waals surface area contributed by atoms with Gasteiger partial charge in [0.1, 0.15) is 5.82 Å². The van der Waals surface area contributed by atoms with Crippen molar-refractivity contribution in [3.05, 3.63) is 23.9 Å². The van der Waals surface area contributed by atoms with Crippen molar-refractivity contribution in [3.8, 4) is 0 Å². The van der Waals surface area contributed by atoms with Crippen LogP contribution in [0, 0.1) is 5.92 Å². The molecule has 0 saturated heterocycles. The fourth-order valence-electron chi connectivity index (χ4n) is 0.977. The summed E-state index contributed by atoms with van der Waals surface area (Å²) in [6, 6.07) is 3.97. The van der Waals surface area contributed by atoms with Gasteiger partial charge in [0, 0.05) is 17.5 Å². The molecule has 0 radical (unpaired) electrons. The topological polar surface area (TPSA) is 38.9 Å². The van der Waals surface area contributed by atoms with Crippen LogP contribution in [0.1, 0.15) is 19.4 Å². The van der Waals surface area contributed by atoms with Crippen molar-refractivity contribution in [2.45, 2.75) is 19.6 Å². The van der Waals surface area contributed by atoms with E-state index in [1.54, 1.807) is 6.20 Å². The van der Waals surface area contributed by atoms with Gasteiger partial charge >= 0.3 is 0 Å². The molecule has 1 heterocycles. The van der Waals surface area contributed by atoms with E-state index in [0.29, 0.717) is 5.82 Å². The molecule has 0 spiro atoms. The number of nitrogens with two attached hydrogens (primary N) is 1. The van der Waals surface area contributed by atoms with Crippen LogP contribution < -0.4 is 5.73 Å². The third-order valence-corrected chi connectivity index (χ3v) is 3.05. The van der Waals surface area contributed by atoms with E-state index in [4.69, 9.17) is 5.73 Å². The second-order valence-corrected chi connectivity index (χ2v) is 4.49. The van der Waals surface area contributed by atoms with Gasteiger partial charge in [0.25, 0.3) is 0 Å². The molecule has 1 rings (SSSR count). The maximum atomic E-state index is 5.71. The second kappa shape index (κ2) is 5.12. The van der Waals surface area contributed by atoms with E-state index in [2.05, 4.69) is 18.8 Å². The minimum atomic E-state index is 0.666. The molecule has 0 aliphatic rings. The number of pyridine rings is 1. The Balaban J connectivity index is 2.41. The molecular formula is C10H16N2S. The first kappa shape index (κ1) is 10.4. The van der Waals surface area contributed by atoms with Gasteiger partial charge in [-0.3, -0.25) is 0 Å². The Hall–Kier alpha value is -0.700. The molecule has 0 aromatic carbocycles. The normalized spacial score (nSPS) is 10.7. The molecule has 0 saturated carbocycles. The summed E-state index contributed by atoms with van der Waals surface area (Å²) in [5, 5.41) is 0. The number of anilines is 1. The monoisotopic (exact) mass is 196 g/mol. The molecule has 0 unspecified atom stereocenters. The van der Waals surface area contributed by atoms with Gasteiger partial charge in [-0.15, -0.1) is 0 Å². The molecule has 1 aromatic rings. The molecule has 0 amide bonds. The molecule has 0 aliphatic heterocycles.